The van der Waals surface area contributed by atoms with Gasteiger partial charge in [-0.3, -0.25) is 9.69 Å². The number of likely N-dealkylation sites (tertiary alicyclic amines) is 1. The number of anilines is 1. The van der Waals surface area contributed by atoms with Crippen molar-refractivity contribution in [2.45, 2.75) is 24.8 Å². The van der Waals surface area contributed by atoms with Gasteiger partial charge in [0, 0.05) is 37.0 Å². The second kappa shape index (κ2) is 7.60. The molecule has 7 heteroatoms. The maximum absolute atomic E-state index is 13.0. The van der Waals surface area contributed by atoms with Crippen LogP contribution in [0.1, 0.15) is 25.0 Å². The summed E-state index contributed by atoms with van der Waals surface area (Å²) in [5, 5.41) is 4.88. The highest BCUT2D eigenvalue weighted by atomic mass is 32.1. The smallest absolute Gasteiger partial charge is 0.154 e. The third kappa shape index (κ3) is 3.19. The highest BCUT2D eigenvalue weighted by molar-refractivity contribution is 7.07. The zero-order valence-electron chi connectivity index (χ0n) is 18.1. The van der Waals surface area contributed by atoms with E-state index in [0.29, 0.717) is 12.3 Å². The van der Waals surface area contributed by atoms with Crippen molar-refractivity contribution in [2.24, 2.45) is 5.92 Å². The SMILES string of the molecule is COc1ccc2c(c1)NC1(CCN(CC(=O)C3C=c4scnc4=CC3)CC1)c1cccn1-2. The van der Waals surface area contributed by atoms with E-state index in [1.807, 2.05) is 11.6 Å². The number of ketones is 1. The maximum Gasteiger partial charge on any atom is 0.154 e. The fraction of sp³-hybridized carbons (Fsp3) is 0.360. The molecule has 2 aliphatic heterocycles. The minimum absolute atomic E-state index is 0.0248. The molecule has 1 atom stereocenters. The van der Waals surface area contributed by atoms with E-state index in [1.165, 1.54) is 5.69 Å². The molecule has 6 nitrogen and oxygen atoms in total. The van der Waals surface area contributed by atoms with Gasteiger partial charge in [0.25, 0.3) is 0 Å². The first kappa shape index (κ1) is 19.8. The number of Topliss-reactive ketones (excluding diaryl/α,β-unsaturated/α-hetero) is 1. The van der Waals surface area contributed by atoms with Gasteiger partial charge < -0.3 is 14.6 Å². The van der Waals surface area contributed by atoms with E-state index in [9.17, 15) is 4.79 Å². The van der Waals surface area contributed by atoms with Gasteiger partial charge in [-0.1, -0.05) is 12.2 Å². The Bertz CT molecular complexity index is 1300. The molecule has 0 saturated carbocycles. The lowest BCUT2D eigenvalue weighted by atomic mass is 9.82. The summed E-state index contributed by atoms with van der Waals surface area (Å²) in [4.78, 5) is 19.7. The number of piperidine rings is 1. The minimum atomic E-state index is -0.120. The molecule has 0 bridgehead atoms. The predicted octanol–water partition coefficient (Wildman–Crippen LogP) is 2.51. The van der Waals surface area contributed by atoms with Crippen molar-refractivity contribution < 1.29 is 9.53 Å². The summed E-state index contributed by atoms with van der Waals surface area (Å²) in [6.07, 6.45) is 9.04. The topological polar surface area (TPSA) is 59.4 Å². The number of methoxy groups -OCH3 is 1. The van der Waals surface area contributed by atoms with Gasteiger partial charge >= 0.3 is 0 Å². The van der Waals surface area contributed by atoms with Crippen LogP contribution in [0.4, 0.5) is 5.69 Å². The first-order chi connectivity index (χ1) is 15.6. The molecule has 3 aromatic rings. The van der Waals surface area contributed by atoms with E-state index in [-0.39, 0.29) is 11.5 Å². The van der Waals surface area contributed by atoms with Crippen LogP contribution in [0.3, 0.4) is 0 Å². The molecule has 1 aliphatic carbocycles. The number of benzene rings is 1. The van der Waals surface area contributed by atoms with E-state index in [1.54, 1.807) is 18.4 Å². The molecule has 3 aliphatic rings. The van der Waals surface area contributed by atoms with Crippen LogP contribution in [0.5, 0.6) is 5.75 Å². The summed E-state index contributed by atoms with van der Waals surface area (Å²) in [5.41, 5.74) is 5.29. The van der Waals surface area contributed by atoms with Crippen molar-refractivity contribution >= 4 is 35.0 Å². The monoisotopic (exact) mass is 446 g/mol. The number of thiazole rings is 1. The molecule has 0 radical (unpaired) electrons. The fourth-order valence-electron chi connectivity index (χ4n) is 5.32. The Balaban J connectivity index is 1.18. The molecule has 1 saturated heterocycles. The van der Waals surface area contributed by atoms with E-state index in [0.717, 1.165) is 59.4 Å². The zero-order chi connectivity index (χ0) is 21.7. The molecule has 4 heterocycles. The van der Waals surface area contributed by atoms with Crippen LogP contribution in [0.15, 0.2) is 42.0 Å². The van der Waals surface area contributed by atoms with Crippen molar-refractivity contribution in [3.05, 3.63) is 57.6 Å². The number of nitrogens with zero attached hydrogens (tertiary/aromatic N) is 3. The Kier molecular flexibility index (Phi) is 4.69. The van der Waals surface area contributed by atoms with Crippen LogP contribution in [-0.2, 0) is 10.3 Å². The average Bonchev–Trinajstić information content (AvgIpc) is 3.50. The molecule has 6 rings (SSSR count). The molecule has 1 spiro atoms. The zero-order valence-corrected chi connectivity index (χ0v) is 18.9. The van der Waals surface area contributed by atoms with Crippen LogP contribution in [-0.4, -0.2) is 47.0 Å². The first-order valence-corrected chi connectivity index (χ1v) is 12.0. The van der Waals surface area contributed by atoms with Crippen LogP contribution < -0.4 is 19.9 Å². The number of nitrogens with one attached hydrogen (secondary N) is 1. The molecular weight excluding hydrogens is 420 g/mol. The van der Waals surface area contributed by atoms with Gasteiger partial charge in [-0.25, -0.2) is 4.98 Å². The summed E-state index contributed by atoms with van der Waals surface area (Å²) < 4.78 is 8.89. The molecular formula is C25H26N4O2S. The predicted molar refractivity (Wildman–Crippen MR) is 127 cm³/mol. The summed E-state index contributed by atoms with van der Waals surface area (Å²) in [5.74, 6) is 1.14. The molecule has 1 unspecified atom stereocenters. The van der Waals surface area contributed by atoms with Crippen molar-refractivity contribution in [1.82, 2.24) is 14.5 Å². The summed E-state index contributed by atoms with van der Waals surface area (Å²) >= 11 is 1.62. The van der Waals surface area contributed by atoms with Crippen molar-refractivity contribution in [1.29, 1.82) is 0 Å². The summed E-state index contributed by atoms with van der Waals surface area (Å²) in [7, 11) is 1.70. The normalized spacial score (nSPS) is 20.8. The van der Waals surface area contributed by atoms with E-state index >= 15 is 0 Å². The molecule has 1 N–H and O–H groups in total. The molecule has 164 valence electrons. The number of carbonyl (C=O) groups excluding carboxylic acids is 1. The summed E-state index contributed by atoms with van der Waals surface area (Å²) in [6.45, 7) is 2.31. The van der Waals surface area contributed by atoms with Crippen molar-refractivity contribution in [3.8, 4) is 11.4 Å². The Labute approximate surface area is 190 Å². The number of carbonyl (C=O) groups is 1. The number of rotatable bonds is 4. The van der Waals surface area contributed by atoms with E-state index in [4.69, 9.17) is 4.74 Å². The number of aromatic nitrogens is 2. The number of fused-ring (bicyclic) bond motifs is 5. The van der Waals surface area contributed by atoms with Crippen molar-refractivity contribution in [2.75, 3.05) is 32.1 Å². The highest BCUT2D eigenvalue weighted by Gasteiger charge is 2.42. The quantitative estimate of drug-likeness (QED) is 0.667. The second-order valence-corrected chi connectivity index (χ2v) is 9.80. The lowest BCUT2D eigenvalue weighted by Gasteiger charge is -2.46. The number of hydrogen-bond donors (Lipinski definition) is 1. The third-order valence-electron chi connectivity index (χ3n) is 7.12. The Hall–Kier alpha value is -2.90. The van der Waals surface area contributed by atoms with Gasteiger partial charge in [0.2, 0.25) is 0 Å². The second-order valence-electron chi connectivity index (χ2n) is 8.91. The lowest BCUT2D eigenvalue weighted by Crippen LogP contribution is -2.51. The standard InChI is InChI=1S/C25H26N4O2S/c1-31-18-5-7-21-20(14-18)27-25(24-3-2-10-29(21)24)8-11-28(12-9-25)15-22(30)17-4-6-19-23(13-17)32-16-26-19/h2-3,5-7,10,13-14,16-17,27H,4,8-9,11-12,15H2,1H3. The molecule has 32 heavy (non-hydrogen) atoms. The molecule has 1 fully saturated rings. The minimum Gasteiger partial charge on any atom is -0.497 e. The summed E-state index contributed by atoms with van der Waals surface area (Å²) in [6, 6.07) is 10.5. The molecule has 0 amide bonds. The van der Waals surface area contributed by atoms with Gasteiger partial charge in [0.15, 0.2) is 5.78 Å². The van der Waals surface area contributed by atoms with Crippen molar-refractivity contribution in [3.63, 3.8) is 0 Å². The van der Waals surface area contributed by atoms with Crippen LogP contribution in [0, 0.1) is 5.92 Å². The van der Waals surface area contributed by atoms with Gasteiger partial charge in [-0.2, -0.15) is 0 Å². The molecule has 2 aromatic heterocycles. The van der Waals surface area contributed by atoms with E-state index < -0.39 is 0 Å². The third-order valence-corrected chi connectivity index (χ3v) is 7.93. The first-order valence-electron chi connectivity index (χ1n) is 11.2. The Morgan fingerprint density at radius 3 is 3.03 bits per heavy atom. The maximum atomic E-state index is 13.0. The van der Waals surface area contributed by atoms with Crippen LogP contribution in [0.2, 0.25) is 0 Å². The number of ether oxygens (including phenoxy) is 1. The average molecular weight is 447 g/mol. The van der Waals surface area contributed by atoms with Gasteiger partial charge in [0.05, 0.1) is 46.0 Å². The van der Waals surface area contributed by atoms with Crippen LogP contribution in [0.25, 0.3) is 17.8 Å². The fourth-order valence-corrected chi connectivity index (χ4v) is 6.10. The van der Waals surface area contributed by atoms with Gasteiger partial charge in [-0.15, -0.1) is 11.3 Å². The highest BCUT2D eigenvalue weighted by Crippen LogP contribution is 2.44. The van der Waals surface area contributed by atoms with Gasteiger partial charge in [-0.05, 0) is 43.5 Å². The van der Waals surface area contributed by atoms with Gasteiger partial charge in [0.1, 0.15) is 5.75 Å². The lowest BCUT2D eigenvalue weighted by molar-refractivity contribution is -0.122. The largest absolute Gasteiger partial charge is 0.497 e. The Morgan fingerprint density at radius 1 is 1.31 bits per heavy atom. The van der Waals surface area contributed by atoms with Crippen LogP contribution >= 0.6 is 11.3 Å². The van der Waals surface area contributed by atoms with E-state index in [2.05, 4.69) is 62.4 Å². The Morgan fingerprint density at radius 2 is 2.19 bits per heavy atom. The molecule has 1 aromatic carbocycles. The number of hydrogen-bond acceptors (Lipinski definition) is 6.